The van der Waals surface area contributed by atoms with Gasteiger partial charge in [-0.05, 0) is 35.0 Å². The van der Waals surface area contributed by atoms with Crippen LogP contribution < -0.4 is 16.5 Å². The molecule has 0 radical (unpaired) electrons. The van der Waals surface area contributed by atoms with E-state index in [1.54, 1.807) is 35.7 Å². The SMILES string of the molecule is NN(C(=O)c1ccc2ccccc2c1)c1nc(-c2cc3ccccc3oc2=O)cs1. The van der Waals surface area contributed by atoms with Gasteiger partial charge in [-0.25, -0.2) is 20.6 Å². The molecule has 0 bridgehead atoms. The number of carbonyl (C=O) groups excluding carboxylic acids is 1. The van der Waals surface area contributed by atoms with Crippen LogP contribution >= 0.6 is 11.3 Å². The van der Waals surface area contributed by atoms with E-state index in [0.717, 1.165) is 21.2 Å². The van der Waals surface area contributed by atoms with E-state index in [1.807, 2.05) is 42.5 Å². The van der Waals surface area contributed by atoms with Gasteiger partial charge in [0.2, 0.25) is 5.13 Å². The number of hydrogen-bond donors (Lipinski definition) is 1. The second-order valence-electron chi connectivity index (χ2n) is 6.74. The van der Waals surface area contributed by atoms with Crippen LogP contribution in [0, 0.1) is 0 Å². The Hall–Kier alpha value is -3.81. The van der Waals surface area contributed by atoms with Crippen LogP contribution in [0.5, 0.6) is 0 Å². The van der Waals surface area contributed by atoms with Crippen molar-refractivity contribution in [3.05, 3.63) is 94.2 Å². The lowest BCUT2D eigenvalue weighted by Gasteiger charge is -2.13. The fourth-order valence-corrected chi connectivity index (χ4v) is 4.03. The first kappa shape index (κ1) is 18.2. The first-order valence-corrected chi connectivity index (χ1v) is 10.0. The Labute approximate surface area is 174 Å². The quantitative estimate of drug-likeness (QED) is 0.202. The fourth-order valence-electron chi connectivity index (χ4n) is 3.29. The molecule has 6 nitrogen and oxygen atoms in total. The van der Waals surface area contributed by atoms with Gasteiger partial charge in [-0.2, -0.15) is 0 Å². The van der Waals surface area contributed by atoms with Crippen LogP contribution in [0.15, 0.2) is 87.4 Å². The Balaban J connectivity index is 1.48. The number of hydrogen-bond acceptors (Lipinski definition) is 6. The highest BCUT2D eigenvalue weighted by molar-refractivity contribution is 7.14. The topological polar surface area (TPSA) is 89.4 Å². The van der Waals surface area contributed by atoms with Crippen LogP contribution in [0.1, 0.15) is 10.4 Å². The standard InChI is InChI=1S/C23H15N3O3S/c24-26(21(27)17-10-9-14-5-1-2-6-15(14)11-17)23-25-19(13-30-23)18-12-16-7-3-4-8-20(16)29-22(18)28/h1-13H,24H2. The van der Waals surface area contributed by atoms with E-state index >= 15 is 0 Å². The second kappa shape index (κ2) is 7.22. The minimum atomic E-state index is -0.491. The number of nitrogens with two attached hydrogens (primary N) is 1. The number of amides is 1. The first-order chi connectivity index (χ1) is 14.6. The molecule has 0 unspecified atom stereocenters. The molecule has 2 N–H and O–H groups in total. The lowest BCUT2D eigenvalue weighted by molar-refractivity contribution is 0.0987. The number of nitrogens with zero attached hydrogens (tertiary/aromatic N) is 2. The van der Waals surface area contributed by atoms with E-state index in [1.165, 1.54) is 11.3 Å². The second-order valence-corrected chi connectivity index (χ2v) is 7.57. The van der Waals surface area contributed by atoms with Gasteiger partial charge >= 0.3 is 5.63 Å². The van der Waals surface area contributed by atoms with Crippen LogP contribution in [-0.2, 0) is 0 Å². The predicted molar refractivity (Wildman–Crippen MR) is 119 cm³/mol. The Morgan fingerprint density at radius 1 is 0.933 bits per heavy atom. The van der Waals surface area contributed by atoms with Gasteiger partial charge in [0.05, 0.1) is 11.3 Å². The molecule has 2 heterocycles. The minimum absolute atomic E-state index is 0.288. The molecule has 146 valence electrons. The summed E-state index contributed by atoms with van der Waals surface area (Å²) in [7, 11) is 0. The minimum Gasteiger partial charge on any atom is -0.422 e. The molecule has 0 saturated carbocycles. The Morgan fingerprint density at radius 3 is 2.50 bits per heavy atom. The zero-order valence-corrected chi connectivity index (χ0v) is 16.4. The highest BCUT2D eigenvalue weighted by atomic mass is 32.1. The average Bonchev–Trinajstić information content (AvgIpc) is 3.27. The van der Waals surface area contributed by atoms with Crippen molar-refractivity contribution in [2.24, 2.45) is 5.84 Å². The normalized spacial score (nSPS) is 11.1. The number of benzene rings is 3. The lowest BCUT2D eigenvalue weighted by atomic mass is 10.1. The summed E-state index contributed by atoms with van der Waals surface area (Å²) in [5.41, 5.74) is 1.21. The number of anilines is 1. The summed E-state index contributed by atoms with van der Waals surface area (Å²) in [5, 5.41) is 5.75. The zero-order chi connectivity index (χ0) is 20.7. The molecule has 0 spiro atoms. The highest BCUT2D eigenvalue weighted by Gasteiger charge is 2.19. The van der Waals surface area contributed by atoms with Gasteiger partial charge in [-0.3, -0.25) is 4.79 Å². The lowest BCUT2D eigenvalue weighted by Crippen LogP contribution is -2.37. The Bertz CT molecular complexity index is 1470. The molecule has 2 aromatic heterocycles. The molecule has 0 aliphatic rings. The van der Waals surface area contributed by atoms with Gasteiger partial charge in [0, 0.05) is 16.3 Å². The van der Waals surface area contributed by atoms with Crippen molar-refractivity contribution in [2.45, 2.75) is 0 Å². The smallest absolute Gasteiger partial charge is 0.345 e. The number of para-hydroxylation sites is 1. The number of carbonyl (C=O) groups is 1. The maximum absolute atomic E-state index is 12.9. The van der Waals surface area contributed by atoms with Crippen LogP contribution in [0.2, 0.25) is 0 Å². The van der Waals surface area contributed by atoms with Crippen molar-refractivity contribution in [3.63, 3.8) is 0 Å². The highest BCUT2D eigenvalue weighted by Crippen LogP contribution is 2.27. The summed E-state index contributed by atoms with van der Waals surface area (Å²) >= 11 is 1.18. The molecule has 7 heteroatoms. The van der Waals surface area contributed by atoms with Crippen LogP contribution in [-0.4, -0.2) is 10.9 Å². The van der Waals surface area contributed by atoms with Gasteiger partial charge in [-0.15, -0.1) is 11.3 Å². The van der Waals surface area contributed by atoms with Crippen molar-refractivity contribution < 1.29 is 9.21 Å². The van der Waals surface area contributed by atoms with Crippen molar-refractivity contribution >= 4 is 44.1 Å². The van der Waals surface area contributed by atoms with Gasteiger partial charge in [0.25, 0.3) is 5.91 Å². The summed E-state index contributed by atoms with van der Waals surface area (Å²) < 4.78 is 5.37. The summed E-state index contributed by atoms with van der Waals surface area (Å²) in [5.74, 6) is 5.68. The zero-order valence-electron chi connectivity index (χ0n) is 15.6. The molecule has 0 aliphatic heterocycles. The molecule has 5 aromatic rings. The molecule has 3 aromatic carbocycles. The van der Waals surface area contributed by atoms with Gasteiger partial charge in [0.15, 0.2) is 0 Å². The van der Waals surface area contributed by atoms with Crippen molar-refractivity contribution in [1.29, 1.82) is 0 Å². The Morgan fingerprint density at radius 2 is 1.67 bits per heavy atom. The van der Waals surface area contributed by atoms with E-state index in [9.17, 15) is 9.59 Å². The number of rotatable bonds is 3. The molecule has 5 rings (SSSR count). The molecule has 0 saturated heterocycles. The molecule has 1 amide bonds. The van der Waals surface area contributed by atoms with Crippen LogP contribution in [0.3, 0.4) is 0 Å². The molecule has 0 aliphatic carbocycles. The monoisotopic (exact) mass is 413 g/mol. The third-order valence-electron chi connectivity index (χ3n) is 4.83. The third kappa shape index (κ3) is 3.16. The van der Waals surface area contributed by atoms with E-state index in [-0.39, 0.29) is 11.0 Å². The fraction of sp³-hybridized carbons (Fsp3) is 0. The maximum atomic E-state index is 12.9. The van der Waals surface area contributed by atoms with E-state index < -0.39 is 5.63 Å². The van der Waals surface area contributed by atoms with Gasteiger partial charge < -0.3 is 4.42 Å². The number of aromatic nitrogens is 1. The van der Waals surface area contributed by atoms with Crippen molar-refractivity contribution in [1.82, 2.24) is 4.98 Å². The summed E-state index contributed by atoms with van der Waals surface area (Å²) in [6.45, 7) is 0. The summed E-state index contributed by atoms with van der Waals surface area (Å²) in [6.07, 6.45) is 0. The van der Waals surface area contributed by atoms with E-state index in [2.05, 4.69) is 4.98 Å². The largest absolute Gasteiger partial charge is 0.422 e. The summed E-state index contributed by atoms with van der Waals surface area (Å²) in [4.78, 5) is 29.6. The molecule has 0 atom stereocenters. The van der Waals surface area contributed by atoms with Gasteiger partial charge in [-0.1, -0.05) is 48.5 Å². The van der Waals surface area contributed by atoms with Gasteiger partial charge in [0.1, 0.15) is 5.58 Å². The first-order valence-electron chi connectivity index (χ1n) is 9.17. The molecule has 0 fully saturated rings. The van der Waals surface area contributed by atoms with Crippen molar-refractivity contribution in [2.75, 3.05) is 5.01 Å². The van der Waals surface area contributed by atoms with Crippen molar-refractivity contribution in [3.8, 4) is 11.3 Å². The molecule has 30 heavy (non-hydrogen) atoms. The summed E-state index contributed by atoms with van der Waals surface area (Å²) in [6, 6.07) is 22.2. The van der Waals surface area contributed by atoms with Crippen LogP contribution in [0.25, 0.3) is 33.0 Å². The average molecular weight is 413 g/mol. The Kier molecular flexibility index (Phi) is 4.39. The number of hydrazine groups is 1. The predicted octanol–water partition coefficient (Wildman–Crippen LogP) is 4.59. The maximum Gasteiger partial charge on any atom is 0.345 e. The number of thiazole rings is 1. The van der Waals surface area contributed by atoms with E-state index in [4.69, 9.17) is 10.3 Å². The molecular formula is C23H15N3O3S. The molecular weight excluding hydrogens is 398 g/mol. The third-order valence-corrected chi connectivity index (χ3v) is 5.67. The number of fused-ring (bicyclic) bond motifs is 2. The van der Waals surface area contributed by atoms with E-state index in [0.29, 0.717) is 22.4 Å². The van der Waals surface area contributed by atoms with Crippen LogP contribution in [0.4, 0.5) is 5.13 Å².